The van der Waals surface area contributed by atoms with Crippen LogP contribution in [0.25, 0.3) is 0 Å². The lowest BCUT2D eigenvalue weighted by Gasteiger charge is -2.34. The Morgan fingerprint density at radius 2 is 2.16 bits per heavy atom. The van der Waals surface area contributed by atoms with E-state index in [4.69, 9.17) is 4.74 Å². The number of carbonyl (C=O) groups is 2. The fourth-order valence-corrected chi connectivity index (χ4v) is 2.77. The minimum Gasteiger partial charge on any atom is -0.368 e. The van der Waals surface area contributed by atoms with Gasteiger partial charge in [-0.15, -0.1) is 0 Å². The van der Waals surface area contributed by atoms with Crippen molar-refractivity contribution in [3.8, 4) is 0 Å². The molecular formula is C12H17N3O3S. The Bertz CT molecular complexity index is 480. The summed E-state index contributed by atoms with van der Waals surface area (Å²) in [5, 5.41) is 6.37. The molecule has 0 aliphatic carbocycles. The molecule has 1 fully saturated rings. The number of hydrogen-bond acceptors (Lipinski definition) is 6. The van der Waals surface area contributed by atoms with Crippen molar-refractivity contribution in [3.63, 3.8) is 0 Å². The number of rotatable bonds is 4. The quantitative estimate of drug-likeness (QED) is 0.807. The minimum absolute atomic E-state index is 0.0543. The Morgan fingerprint density at radius 3 is 2.68 bits per heavy atom. The Kier molecular flexibility index (Phi) is 4.28. The van der Waals surface area contributed by atoms with E-state index in [-0.39, 0.29) is 11.7 Å². The summed E-state index contributed by atoms with van der Waals surface area (Å²) in [6.45, 7) is 2.97. The van der Waals surface area contributed by atoms with Crippen molar-refractivity contribution in [2.45, 2.75) is 25.4 Å². The van der Waals surface area contributed by atoms with Gasteiger partial charge < -0.3 is 10.1 Å². The summed E-state index contributed by atoms with van der Waals surface area (Å²) in [5.41, 5.74) is -0.798. The van der Waals surface area contributed by atoms with E-state index in [9.17, 15) is 9.59 Å². The molecule has 19 heavy (non-hydrogen) atoms. The van der Waals surface area contributed by atoms with Gasteiger partial charge in [-0.2, -0.15) is 0 Å². The molecular weight excluding hydrogens is 266 g/mol. The zero-order valence-corrected chi connectivity index (χ0v) is 11.8. The molecule has 0 atom stereocenters. The number of methoxy groups -OCH3 is 1. The number of hydrogen-bond donors (Lipinski definition) is 2. The molecule has 0 bridgehead atoms. The first-order chi connectivity index (χ1) is 9.07. The zero-order chi connectivity index (χ0) is 13.9. The van der Waals surface area contributed by atoms with E-state index >= 15 is 0 Å². The summed E-state index contributed by atoms with van der Waals surface area (Å²) in [6, 6.07) is 0. The molecule has 2 heterocycles. The lowest BCUT2D eigenvalue weighted by molar-refractivity contribution is -0.140. The van der Waals surface area contributed by atoms with Gasteiger partial charge in [0.15, 0.2) is 10.9 Å². The van der Waals surface area contributed by atoms with E-state index in [1.807, 2.05) is 0 Å². The predicted octanol–water partition coefficient (Wildman–Crippen LogP) is 1.05. The number of amides is 1. The van der Waals surface area contributed by atoms with Crippen molar-refractivity contribution in [3.05, 3.63) is 11.1 Å². The van der Waals surface area contributed by atoms with Gasteiger partial charge in [-0.25, -0.2) is 4.98 Å². The topological polar surface area (TPSA) is 80.3 Å². The lowest BCUT2D eigenvalue weighted by Crippen LogP contribution is -2.51. The van der Waals surface area contributed by atoms with Crippen molar-refractivity contribution < 1.29 is 14.3 Å². The maximum absolute atomic E-state index is 12.3. The van der Waals surface area contributed by atoms with E-state index < -0.39 is 5.60 Å². The summed E-state index contributed by atoms with van der Waals surface area (Å²) in [6.07, 6.45) is 2.73. The maximum Gasteiger partial charge on any atom is 0.258 e. The molecule has 0 radical (unpaired) electrons. The number of ether oxygens (including phenoxy) is 1. The molecule has 0 unspecified atom stereocenters. The van der Waals surface area contributed by atoms with Gasteiger partial charge in [0.05, 0.1) is 11.1 Å². The SMILES string of the molecule is COC1(C(=O)Nc2ncc(C(C)=O)s2)CCNCC1. The van der Waals surface area contributed by atoms with Gasteiger partial charge in [0, 0.05) is 14.0 Å². The lowest BCUT2D eigenvalue weighted by atomic mass is 9.91. The van der Waals surface area contributed by atoms with E-state index in [1.54, 1.807) is 7.11 Å². The van der Waals surface area contributed by atoms with Crippen LogP contribution < -0.4 is 10.6 Å². The molecule has 0 spiro atoms. The average molecular weight is 283 g/mol. The number of nitrogens with zero attached hydrogens (tertiary/aromatic N) is 1. The molecule has 0 saturated carbocycles. The third-order valence-electron chi connectivity index (χ3n) is 3.29. The van der Waals surface area contributed by atoms with E-state index in [2.05, 4.69) is 15.6 Å². The standard InChI is InChI=1S/C12H17N3O3S/c1-8(16)9-7-14-11(19-9)15-10(17)12(18-2)3-5-13-6-4-12/h7,13H,3-6H2,1-2H3,(H,14,15,17). The largest absolute Gasteiger partial charge is 0.368 e. The first-order valence-corrected chi connectivity index (χ1v) is 6.93. The van der Waals surface area contributed by atoms with Crippen molar-refractivity contribution in [2.75, 3.05) is 25.5 Å². The van der Waals surface area contributed by atoms with Crippen LogP contribution in [0.15, 0.2) is 6.20 Å². The normalized spacial score (nSPS) is 18.0. The van der Waals surface area contributed by atoms with Gasteiger partial charge >= 0.3 is 0 Å². The number of Topliss-reactive ketones (excluding diaryl/α,β-unsaturated/α-hetero) is 1. The minimum atomic E-state index is -0.798. The van der Waals surface area contributed by atoms with Crippen molar-refractivity contribution in [1.29, 1.82) is 0 Å². The zero-order valence-electron chi connectivity index (χ0n) is 11.0. The number of ketones is 1. The van der Waals surface area contributed by atoms with Gasteiger partial charge in [0.2, 0.25) is 0 Å². The molecule has 0 aromatic carbocycles. The molecule has 6 nitrogen and oxygen atoms in total. The first kappa shape index (κ1) is 14.1. The molecule has 7 heteroatoms. The Balaban J connectivity index is 2.08. The molecule has 1 aliphatic heterocycles. The number of piperidine rings is 1. The molecule has 2 rings (SSSR count). The summed E-state index contributed by atoms with van der Waals surface area (Å²) in [4.78, 5) is 28.1. The van der Waals surface area contributed by atoms with Crippen LogP contribution in [0.3, 0.4) is 0 Å². The van der Waals surface area contributed by atoms with Crippen LogP contribution in [0.2, 0.25) is 0 Å². The van der Waals surface area contributed by atoms with Crippen LogP contribution in [-0.4, -0.2) is 42.5 Å². The molecule has 2 N–H and O–H groups in total. The fraction of sp³-hybridized carbons (Fsp3) is 0.583. The van der Waals surface area contributed by atoms with Gasteiger partial charge in [0.1, 0.15) is 5.60 Å². The van der Waals surface area contributed by atoms with Crippen LogP contribution >= 0.6 is 11.3 Å². The molecule has 1 saturated heterocycles. The molecule has 1 aliphatic rings. The van der Waals surface area contributed by atoms with E-state index in [0.29, 0.717) is 22.9 Å². The van der Waals surface area contributed by atoms with Crippen LogP contribution in [0.4, 0.5) is 5.13 Å². The van der Waals surface area contributed by atoms with Crippen molar-refractivity contribution in [1.82, 2.24) is 10.3 Å². The Morgan fingerprint density at radius 1 is 1.47 bits per heavy atom. The molecule has 1 aromatic rings. The average Bonchev–Trinajstić information content (AvgIpc) is 2.88. The van der Waals surface area contributed by atoms with Crippen LogP contribution in [0, 0.1) is 0 Å². The van der Waals surface area contributed by atoms with Crippen molar-refractivity contribution in [2.24, 2.45) is 0 Å². The highest BCUT2D eigenvalue weighted by molar-refractivity contribution is 7.17. The van der Waals surface area contributed by atoms with Gasteiger partial charge in [-0.1, -0.05) is 11.3 Å². The van der Waals surface area contributed by atoms with E-state index in [0.717, 1.165) is 13.1 Å². The van der Waals surface area contributed by atoms with Gasteiger partial charge in [-0.05, 0) is 25.9 Å². The second-order valence-corrected chi connectivity index (χ2v) is 5.52. The third-order valence-corrected chi connectivity index (χ3v) is 4.30. The predicted molar refractivity (Wildman–Crippen MR) is 72.6 cm³/mol. The fourth-order valence-electron chi connectivity index (χ4n) is 2.06. The Labute approximate surface area is 115 Å². The molecule has 1 aromatic heterocycles. The Hall–Kier alpha value is -1.31. The summed E-state index contributed by atoms with van der Waals surface area (Å²) >= 11 is 1.18. The number of thiazole rings is 1. The van der Waals surface area contributed by atoms with Crippen molar-refractivity contribution >= 4 is 28.2 Å². The highest BCUT2D eigenvalue weighted by atomic mass is 32.1. The number of carbonyl (C=O) groups excluding carboxylic acids is 2. The van der Waals surface area contributed by atoms with Gasteiger partial charge in [-0.3, -0.25) is 14.9 Å². The highest BCUT2D eigenvalue weighted by Crippen LogP contribution is 2.26. The number of anilines is 1. The smallest absolute Gasteiger partial charge is 0.258 e. The van der Waals surface area contributed by atoms with E-state index in [1.165, 1.54) is 24.5 Å². The number of nitrogens with one attached hydrogen (secondary N) is 2. The second kappa shape index (κ2) is 5.77. The monoisotopic (exact) mass is 283 g/mol. The summed E-state index contributed by atoms with van der Waals surface area (Å²) in [5.74, 6) is -0.248. The van der Waals surface area contributed by atoms with Crippen LogP contribution in [-0.2, 0) is 9.53 Å². The van der Waals surface area contributed by atoms with Crippen LogP contribution in [0.5, 0.6) is 0 Å². The maximum atomic E-state index is 12.3. The summed E-state index contributed by atoms with van der Waals surface area (Å²) < 4.78 is 5.42. The van der Waals surface area contributed by atoms with Gasteiger partial charge in [0.25, 0.3) is 5.91 Å². The third kappa shape index (κ3) is 2.99. The molecule has 1 amide bonds. The summed E-state index contributed by atoms with van der Waals surface area (Å²) in [7, 11) is 1.55. The second-order valence-electron chi connectivity index (χ2n) is 4.49. The molecule has 104 valence electrons. The number of aromatic nitrogens is 1. The van der Waals surface area contributed by atoms with Crippen LogP contribution in [0.1, 0.15) is 29.4 Å². The first-order valence-electron chi connectivity index (χ1n) is 6.11. The highest BCUT2D eigenvalue weighted by Gasteiger charge is 2.40.